The number of nitrogens with zero attached hydrogens (tertiary/aromatic N) is 3. The van der Waals surface area contributed by atoms with Gasteiger partial charge < -0.3 is 10.1 Å². The van der Waals surface area contributed by atoms with Gasteiger partial charge in [0.05, 0.1) is 16.3 Å². The highest BCUT2D eigenvalue weighted by molar-refractivity contribution is 7.08. The maximum Gasteiger partial charge on any atom is 0.416 e. The molecule has 1 aromatic heterocycles. The number of nitrogens with one attached hydrogen (secondary N) is 1. The van der Waals surface area contributed by atoms with E-state index >= 15 is 0 Å². The molecule has 0 unspecified atom stereocenters. The molecule has 1 heterocycles. The van der Waals surface area contributed by atoms with E-state index in [2.05, 4.69) is 14.7 Å². The fraction of sp³-hybridized carbons (Fsp3) is 0.261. The van der Waals surface area contributed by atoms with Crippen LogP contribution in [0.2, 0.25) is 5.02 Å². The van der Waals surface area contributed by atoms with E-state index in [9.17, 15) is 18.4 Å². The third-order valence-corrected chi connectivity index (χ3v) is 5.78. The highest BCUT2D eigenvalue weighted by Crippen LogP contribution is 2.41. The van der Waals surface area contributed by atoms with Crippen LogP contribution in [0.15, 0.2) is 41.4 Å². The van der Waals surface area contributed by atoms with Gasteiger partial charge in [-0.05, 0) is 36.8 Å². The number of hydrogen-bond acceptors (Lipinski definition) is 5. The Bertz CT molecular complexity index is 1230. The van der Waals surface area contributed by atoms with Crippen LogP contribution >= 0.6 is 23.1 Å². The normalized spacial score (nSPS) is 12.1. The Hall–Kier alpha value is -3.09. The summed E-state index contributed by atoms with van der Waals surface area (Å²) in [7, 11) is 1.80. The van der Waals surface area contributed by atoms with Gasteiger partial charge in [0.1, 0.15) is 28.9 Å². The minimum Gasteiger partial charge on any atom is -0.442 e. The number of aliphatic imine (C=N–C) groups is 1. The van der Waals surface area contributed by atoms with Gasteiger partial charge in [-0.15, -0.1) is 0 Å². The molecule has 0 aliphatic heterocycles. The number of rotatable bonds is 5. The molecule has 0 atom stereocenters. The quantitative estimate of drug-likeness (QED) is 0.298. The molecule has 0 spiro atoms. The summed E-state index contributed by atoms with van der Waals surface area (Å²) < 4.78 is 48.6. The van der Waals surface area contributed by atoms with Gasteiger partial charge in [0.15, 0.2) is 0 Å². The third kappa shape index (κ3) is 5.46. The molecule has 0 aliphatic carbocycles. The lowest BCUT2D eigenvalue weighted by Gasteiger charge is -2.12. The monoisotopic (exact) mass is 492 g/mol. The summed E-state index contributed by atoms with van der Waals surface area (Å²) in [5.74, 6) is 1.32. The maximum absolute atomic E-state index is 12.8. The number of amidine groups is 1. The standard InChI is InChI=1S/C23H20ClF3N4OS/c1-12(2)21(29-4)30-18-10-17(24)19(9-13(18)3)32-22-16(11-28)20(31-33-22)14-5-7-15(8-6-14)23(25,26)27/h5-10,12H,1-4H3,(H,29,30). The zero-order valence-electron chi connectivity index (χ0n) is 18.2. The fourth-order valence-electron chi connectivity index (χ4n) is 3.00. The molecule has 172 valence electrons. The minimum absolute atomic E-state index is 0.118. The molecule has 3 rings (SSSR count). The number of benzene rings is 2. The van der Waals surface area contributed by atoms with Gasteiger partial charge in [-0.1, -0.05) is 37.6 Å². The summed E-state index contributed by atoms with van der Waals surface area (Å²) in [5, 5.41) is 13.2. The van der Waals surface area contributed by atoms with Gasteiger partial charge in [0, 0.05) is 30.1 Å². The Morgan fingerprint density at radius 3 is 2.45 bits per heavy atom. The largest absolute Gasteiger partial charge is 0.442 e. The zero-order valence-corrected chi connectivity index (χ0v) is 19.8. The van der Waals surface area contributed by atoms with E-state index in [1.165, 1.54) is 12.1 Å². The number of ether oxygens (including phenoxy) is 1. The first kappa shape index (κ1) is 24.6. The molecule has 0 aliphatic rings. The van der Waals surface area contributed by atoms with E-state index in [4.69, 9.17) is 16.3 Å². The predicted octanol–water partition coefficient (Wildman–Crippen LogP) is 7.36. The van der Waals surface area contributed by atoms with Crippen LogP contribution in [0.5, 0.6) is 10.8 Å². The van der Waals surface area contributed by atoms with E-state index in [1.807, 2.05) is 26.8 Å². The molecule has 3 aromatic rings. The van der Waals surface area contributed by atoms with Crippen molar-refractivity contribution in [3.8, 4) is 28.1 Å². The molecule has 0 radical (unpaired) electrons. The van der Waals surface area contributed by atoms with Crippen molar-refractivity contribution >= 4 is 34.7 Å². The fourth-order valence-corrected chi connectivity index (χ4v) is 3.93. The molecule has 1 N–H and O–H groups in total. The van der Waals surface area contributed by atoms with E-state index in [0.29, 0.717) is 22.0 Å². The molecule has 33 heavy (non-hydrogen) atoms. The summed E-state index contributed by atoms with van der Waals surface area (Å²) in [6, 6.07) is 9.88. The minimum atomic E-state index is -4.44. The second kappa shape index (κ2) is 9.81. The van der Waals surface area contributed by atoms with Crippen LogP contribution < -0.4 is 10.1 Å². The van der Waals surface area contributed by atoms with E-state index in [-0.39, 0.29) is 22.2 Å². The van der Waals surface area contributed by atoms with Crippen molar-refractivity contribution in [2.75, 3.05) is 7.05 Å². The molecular formula is C23H20ClF3N4OS. The number of hydrogen-bond donors (Lipinski definition) is 1. The Kier molecular flexibility index (Phi) is 7.30. The van der Waals surface area contributed by atoms with Gasteiger partial charge in [0.2, 0.25) is 5.06 Å². The maximum atomic E-state index is 12.8. The Labute approximate surface area is 198 Å². The lowest BCUT2D eigenvalue weighted by molar-refractivity contribution is -0.137. The molecule has 5 nitrogen and oxygen atoms in total. The SMILES string of the molecule is CNC(=Nc1cc(Cl)c(Oc2snc(-c3ccc(C(F)(F)F)cc3)c2C#N)cc1C)C(C)C. The van der Waals surface area contributed by atoms with Crippen molar-refractivity contribution in [3.05, 3.63) is 58.1 Å². The number of aromatic nitrogens is 1. The molecular weight excluding hydrogens is 473 g/mol. The van der Waals surface area contributed by atoms with Crippen molar-refractivity contribution in [3.63, 3.8) is 0 Å². The average molecular weight is 493 g/mol. The Morgan fingerprint density at radius 2 is 1.91 bits per heavy atom. The van der Waals surface area contributed by atoms with Crippen LogP contribution in [-0.4, -0.2) is 17.3 Å². The zero-order chi connectivity index (χ0) is 24.3. The van der Waals surface area contributed by atoms with Gasteiger partial charge in [-0.3, -0.25) is 0 Å². The first-order valence-electron chi connectivity index (χ1n) is 9.86. The van der Waals surface area contributed by atoms with Crippen LogP contribution in [0, 0.1) is 24.2 Å². The number of alkyl halides is 3. The molecule has 0 saturated carbocycles. The number of nitriles is 1. The summed E-state index contributed by atoms with van der Waals surface area (Å²) in [6.07, 6.45) is -4.44. The third-order valence-electron chi connectivity index (χ3n) is 4.76. The van der Waals surface area contributed by atoms with Crippen LogP contribution in [0.1, 0.15) is 30.5 Å². The first-order chi connectivity index (χ1) is 15.5. The lowest BCUT2D eigenvalue weighted by atomic mass is 10.1. The van der Waals surface area contributed by atoms with Crippen molar-refractivity contribution in [1.29, 1.82) is 5.26 Å². The van der Waals surface area contributed by atoms with Crippen molar-refractivity contribution in [2.24, 2.45) is 10.9 Å². The van der Waals surface area contributed by atoms with E-state index < -0.39 is 11.7 Å². The molecule has 2 aromatic carbocycles. The summed E-state index contributed by atoms with van der Waals surface area (Å²) in [6.45, 7) is 5.90. The highest BCUT2D eigenvalue weighted by atomic mass is 35.5. The van der Waals surface area contributed by atoms with Crippen molar-refractivity contribution in [1.82, 2.24) is 9.69 Å². The summed E-state index contributed by atoms with van der Waals surface area (Å²) in [4.78, 5) is 4.61. The molecule has 10 heteroatoms. The molecule has 0 bridgehead atoms. The lowest BCUT2D eigenvalue weighted by Crippen LogP contribution is -2.23. The van der Waals surface area contributed by atoms with Gasteiger partial charge in [0.25, 0.3) is 0 Å². The van der Waals surface area contributed by atoms with E-state index in [0.717, 1.165) is 35.1 Å². The van der Waals surface area contributed by atoms with Gasteiger partial charge >= 0.3 is 6.18 Å². The number of halogens is 4. The Balaban J connectivity index is 1.93. The van der Waals surface area contributed by atoms with E-state index in [1.54, 1.807) is 19.2 Å². The van der Waals surface area contributed by atoms with Crippen LogP contribution in [-0.2, 0) is 6.18 Å². The predicted molar refractivity (Wildman–Crippen MR) is 125 cm³/mol. The topological polar surface area (TPSA) is 70.3 Å². The summed E-state index contributed by atoms with van der Waals surface area (Å²) >= 11 is 7.34. The average Bonchev–Trinajstić information content (AvgIpc) is 3.16. The van der Waals surface area contributed by atoms with Gasteiger partial charge in [-0.2, -0.15) is 22.8 Å². The summed E-state index contributed by atoms with van der Waals surface area (Å²) in [5.41, 5.74) is 1.46. The Morgan fingerprint density at radius 1 is 1.24 bits per heavy atom. The smallest absolute Gasteiger partial charge is 0.416 e. The van der Waals surface area contributed by atoms with Crippen molar-refractivity contribution < 1.29 is 17.9 Å². The molecule has 0 amide bonds. The van der Waals surface area contributed by atoms with Crippen LogP contribution in [0.3, 0.4) is 0 Å². The van der Waals surface area contributed by atoms with Crippen LogP contribution in [0.25, 0.3) is 11.3 Å². The number of aryl methyl sites for hydroxylation is 1. The molecule has 0 fully saturated rings. The van der Waals surface area contributed by atoms with Gasteiger partial charge in [-0.25, -0.2) is 4.99 Å². The first-order valence-corrected chi connectivity index (χ1v) is 11.0. The second-order valence-electron chi connectivity index (χ2n) is 7.45. The van der Waals surface area contributed by atoms with Crippen molar-refractivity contribution in [2.45, 2.75) is 26.9 Å². The molecule has 0 saturated heterocycles. The highest BCUT2D eigenvalue weighted by Gasteiger charge is 2.30. The van der Waals surface area contributed by atoms with Crippen LogP contribution in [0.4, 0.5) is 18.9 Å². The second-order valence-corrected chi connectivity index (χ2v) is 8.60.